The molecular weight excluding hydrogens is 284 g/mol. The summed E-state index contributed by atoms with van der Waals surface area (Å²) in [5.41, 5.74) is 3.91. The number of nitrogens with zero attached hydrogens (tertiary/aromatic N) is 2. The first-order valence-electron chi connectivity index (χ1n) is 6.50. The summed E-state index contributed by atoms with van der Waals surface area (Å²) in [6.45, 7) is 0.315. The van der Waals surface area contributed by atoms with Crippen molar-refractivity contribution in [1.82, 2.24) is 10.2 Å². The second-order valence-electron chi connectivity index (χ2n) is 4.64. The molecule has 0 aliphatic rings. The summed E-state index contributed by atoms with van der Waals surface area (Å²) in [6.07, 6.45) is 3.28. The summed E-state index contributed by atoms with van der Waals surface area (Å²) in [4.78, 5) is 0. The average molecular weight is 298 g/mol. The Morgan fingerprint density at radius 2 is 1.95 bits per heavy atom. The van der Waals surface area contributed by atoms with Gasteiger partial charge in [0.15, 0.2) is 11.1 Å². The van der Waals surface area contributed by atoms with Crippen LogP contribution in [0, 0.1) is 0 Å². The number of rotatable bonds is 4. The number of hydrogen-bond donors (Lipinski definition) is 0. The van der Waals surface area contributed by atoms with Crippen molar-refractivity contribution in [1.29, 1.82) is 0 Å². The smallest absolute Gasteiger partial charge is 0.152 e. The maximum absolute atomic E-state index is 11.0. The van der Waals surface area contributed by atoms with E-state index in [4.69, 9.17) is 4.18 Å². The van der Waals surface area contributed by atoms with Crippen molar-refractivity contribution < 1.29 is 8.39 Å². The van der Waals surface area contributed by atoms with E-state index in [-0.39, 0.29) is 0 Å². The Morgan fingerprint density at radius 3 is 2.71 bits per heavy atom. The summed E-state index contributed by atoms with van der Waals surface area (Å²) >= 11 is -1.27. The Bertz CT molecular complexity index is 791. The third-order valence-corrected chi connectivity index (χ3v) is 3.63. The van der Waals surface area contributed by atoms with Gasteiger partial charge in [-0.1, -0.05) is 36.4 Å². The Balaban J connectivity index is 2.08. The van der Waals surface area contributed by atoms with Gasteiger partial charge in [-0.25, -0.2) is 4.21 Å². The Hall–Kier alpha value is -2.11. The summed E-state index contributed by atoms with van der Waals surface area (Å²) in [5.74, 6) is 0. The maximum atomic E-state index is 11.0. The van der Waals surface area contributed by atoms with Gasteiger partial charge in [-0.3, -0.25) is 4.18 Å². The summed E-state index contributed by atoms with van der Waals surface area (Å²) < 4.78 is 16.2. The predicted octanol–water partition coefficient (Wildman–Crippen LogP) is 3.11. The van der Waals surface area contributed by atoms with Crippen molar-refractivity contribution in [3.63, 3.8) is 0 Å². The topological polar surface area (TPSA) is 52.1 Å². The summed E-state index contributed by atoms with van der Waals surface area (Å²) in [6, 6.07) is 15.9. The van der Waals surface area contributed by atoms with E-state index < -0.39 is 11.1 Å². The number of hydrogen-bond acceptors (Lipinski definition) is 4. The predicted molar refractivity (Wildman–Crippen MR) is 83.8 cm³/mol. The fourth-order valence-corrected chi connectivity index (χ4v) is 2.50. The highest BCUT2D eigenvalue weighted by Crippen LogP contribution is 2.27. The molecule has 2 aromatic carbocycles. The van der Waals surface area contributed by atoms with Gasteiger partial charge in [0, 0.05) is 17.2 Å². The van der Waals surface area contributed by atoms with Crippen molar-refractivity contribution in [2.75, 3.05) is 6.26 Å². The van der Waals surface area contributed by atoms with Gasteiger partial charge < -0.3 is 0 Å². The van der Waals surface area contributed by atoms with E-state index in [0.29, 0.717) is 6.61 Å². The molecular formula is C16H14N2O2S. The van der Waals surface area contributed by atoms with E-state index >= 15 is 0 Å². The zero-order valence-electron chi connectivity index (χ0n) is 11.5. The average Bonchev–Trinajstić information content (AvgIpc) is 2.53. The minimum Gasteiger partial charge on any atom is -0.286 e. The molecule has 3 aromatic rings. The first-order chi connectivity index (χ1) is 10.2. The quantitative estimate of drug-likeness (QED) is 0.742. The van der Waals surface area contributed by atoms with Gasteiger partial charge in [-0.2, -0.15) is 10.2 Å². The molecule has 0 bridgehead atoms. The van der Waals surface area contributed by atoms with Gasteiger partial charge in [0.1, 0.15) is 0 Å². The number of fused-ring (bicyclic) bond motifs is 1. The van der Waals surface area contributed by atoms with Crippen LogP contribution in [-0.4, -0.2) is 20.7 Å². The second-order valence-corrected chi connectivity index (χ2v) is 5.68. The van der Waals surface area contributed by atoms with Crippen LogP contribution in [0.2, 0.25) is 0 Å². The van der Waals surface area contributed by atoms with Crippen molar-refractivity contribution in [2.24, 2.45) is 0 Å². The molecule has 1 unspecified atom stereocenters. The molecule has 0 aliphatic carbocycles. The molecule has 0 N–H and O–H groups in total. The molecule has 0 saturated heterocycles. The van der Waals surface area contributed by atoms with Crippen LogP contribution in [-0.2, 0) is 21.9 Å². The van der Waals surface area contributed by atoms with Crippen LogP contribution in [0.4, 0.5) is 0 Å². The first kappa shape index (κ1) is 13.9. The molecule has 0 aliphatic heterocycles. The summed E-state index contributed by atoms with van der Waals surface area (Å²) in [7, 11) is 0. The van der Waals surface area contributed by atoms with Gasteiger partial charge in [-0.05, 0) is 23.3 Å². The lowest BCUT2D eigenvalue weighted by atomic mass is 10.0. The van der Waals surface area contributed by atoms with Crippen LogP contribution < -0.4 is 0 Å². The molecule has 0 fully saturated rings. The third-order valence-electron chi connectivity index (χ3n) is 3.18. The van der Waals surface area contributed by atoms with Crippen LogP contribution in [0.5, 0.6) is 0 Å². The second kappa shape index (κ2) is 6.11. The van der Waals surface area contributed by atoms with Gasteiger partial charge in [0.25, 0.3) is 0 Å². The molecule has 0 saturated carbocycles. The SMILES string of the molecule is CS(=O)OCc1ccc2nncc(-c3ccccc3)c2c1. The van der Waals surface area contributed by atoms with E-state index in [1.54, 1.807) is 6.20 Å². The monoisotopic (exact) mass is 298 g/mol. The number of benzene rings is 2. The van der Waals surface area contributed by atoms with Crippen LogP contribution in [0.3, 0.4) is 0 Å². The molecule has 106 valence electrons. The van der Waals surface area contributed by atoms with Crippen LogP contribution in [0.15, 0.2) is 54.7 Å². The lowest BCUT2D eigenvalue weighted by Crippen LogP contribution is -1.96. The van der Waals surface area contributed by atoms with E-state index in [1.165, 1.54) is 6.26 Å². The lowest BCUT2D eigenvalue weighted by Gasteiger charge is -2.07. The van der Waals surface area contributed by atoms with Crippen LogP contribution >= 0.6 is 0 Å². The zero-order chi connectivity index (χ0) is 14.7. The molecule has 1 aromatic heterocycles. The van der Waals surface area contributed by atoms with Gasteiger partial charge in [-0.15, -0.1) is 0 Å². The van der Waals surface area contributed by atoms with E-state index in [0.717, 1.165) is 27.6 Å². The highest BCUT2D eigenvalue weighted by molar-refractivity contribution is 7.79. The van der Waals surface area contributed by atoms with Crippen molar-refractivity contribution in [3.8, 4) is 11.1 Å². The molecule has 21 heavy (non-hydrogen) atoms. The van der Waals surface area contributed by atoms with Crippen molar-refractivity contribution in [3.05, 3.63) is 60.3 Å². The lowest BCUT2D eigenvalue weighted by molar-refractivity contribution is 0.340. The number of aromatic nitrogens is 2. The largest absolute Gasteiger partial charge is 0.286 e. The fourth-order valence-electron chi connectivity index (χ4n) is 2.19. The third kappa shape index (κ3) is 3.15. The minimum absolute atomic E-state index is 0.315. The Morgan fingerprint density at radius 1 is 1.14 bits per heavy atom. The Kier molecular flexibility index (Phi) is 4.03. The first-order valence-corrected chi connectivity index (χ1v) is 7.99. The molecule has 1 heterocycles. The van der Waals surface area contributed by atoms with Gasteiger partial charge in [0.05, 0.1) is 18.3 Å². The maximum Gasteiger partial charge on any atom is 0.152 e. The molecule has 0 radical (unpaired) electrons. The Labute approximate surface area is 125 Å². The van der Waals surface area contributed by atoms with Crippen LogP contribution in [0.1, 0.15) is 5.56 Å². The fraction of sp³-hybridized carbons (Fsp3) is 0.125. The molecule has 1 atom stereocenters. The highest BCUT2D eigenvalue weighted by atomic mass is 32.2. The molecule has 0 amide bonds. The van der Waals surface area contributed by atoms with E-state index in [1.807, 2.05) is 48.5 Å². The van der Waals surface area contributed by atoms with E-state index in [9.17, 15) is 4.21 Å². The highest BCUT2D eigenvalue weighted by Gasteiger charge is 2.07. The molecule has 3 rings (SSSR count). The zero-order valence-corrected chi connectivity index (χ0v) is 12.3. The van der Waals surface area contributed by atoms with E-state index in [2.05, 4.69) is 10.2 Å². The normalized spacial score (nSPS) is 12.4. The molecule has 4 nitrogen and oxygen atoms in total. The summed E-state index contributed by atoms with van der Waals surface area (Å²) in [5, 5.41) is 9.23. The van der Waals surface area contributed by atoms with Gasteiger partial charge >= 0.3 is 0 Å². The van der Waals surface area contributed by atoms with Crippen molar-refractivity contribution in [2.45, 2.75) is 6.61 Å². The standard InChI is InChI=1S/C16H14N2O2S/c1-21(19)20-11-12-7-8-16-14(9-12)15(10-17-18-16)13-5-3-2-4-6-13/h2-10H,11H2,1H3. The van der Waals surface area contributed by atoms with Crippen molar-refractivity contribution >= 4 is 22.0 Å². The van der Waals surface area contributed by atoms with Gasteiger partial charge in [0.2, 0.25) is 0 Å². The minimum atomic E-state index is -1.27. The van der Waals surface area contributed by atoms with Crippen LogP contribution in [0.25, 0.3) is 22.0 Å². The molecule has 5 heteroatoms. The molecule has 0 spiro atoms.